The normalized spacial score (nSPS) is 10.8. The summed E-state index contributed by atoms with van der Waals surface area (Å²) in [6.07, 6.45) is 2.62. The van der Waals surface area contributed by atoms with Crippen LogP contribution in [0, 0.1) is 0 Å². The van der Waals surface area contributed by atoms with Crippen molar-refractivity contribution in [3.05, 3.63) is 59.7 Å². The van der Waals surface area contributed by atoms with Crippen LogP contribution in [0.4, 0.5) is 8.78 Å². The molecule has 0 aliphatic heterocycles. The predicted octanol–water partition coefficient (Wildman–Crippen LogP) is 4.09. The predicted molar refractivity (Wildman–Crippen MR) is 96.7 cm³/mol. The maximum atomic E-state index is 12.4. The van der Waals surface area contributed by atoms with Gasteiger partial charge in [0.15, 0.2) is 11.5 Å². The highest BCUT2D eigenvalue weighted by molar-refractivity contribution is 5.90. The number of alkyl halides is 2. The molecule has 0 unspecified atom stereocenters. The molecule has 8 heteroatoms. The molecule has 0 radical (unpaired) electrons. The van der Waals surface area contributed by atoms with Gasteiger partial charge in [-0.25, -0.2) is 9.59 Å². The molecular weight excluding hydrogens is 374 g/mol. The van der Waals surface area contributed by atoms with Gasteiger partial charge in [-0.2, -0.15) is 8.78 Å². The van der Waals surface area contributed by atoms with Crippen molar-refractivity contribution in [3.63, 3.8) is 0 Å². The van der Waals surface area contributed by atoms with Gasteiger partial charge in [-0.05, 0) is 55.0 Å². The van der Waals surface area contributed by atoms with Crippen molar-refractivity contribution in [1.29, 1.82) is 0 Å². The molecule has 0 atom stereocenters. The van der Waals surface area contributed by atoms with Crippen LogP contribution in [0.1, 0.15) is 22.8 Å². The van der Waals surface area contributed by atoms with Crippen LogP contribution in [0.5, 0.6) is 17.2 Å². The Labute approximate surface area is 160 Å². The Bertz CT molecular complexity index is 846. The van der Waals surface area contributed by atoms with E-state index >= 15 is 0 Å². The Hall–Kier alpha value is -3.42. The molecule has 0 saturated heterocycles. The van der Waals surface area contributed by atoms with E-state index in [9.17, 15) is 18.4 Å². The highest BCUT2D eigenvalue weighted by Crippen LogP contribution is 2.30. The molecule has 0 saturated carbocycles. The first kappa shape index (κ1) is 20.9. The van der Waals surface area contributed by atoms with Crippen LogP contribution in [-0.2, 0) is 9.53 Å². The van der Waals surface area contributed by atoms with Crippen LogP contribution in [-0.4, -0.2) is 32.3 Å². The van der Waals surface area contributed by atoms with Crippen molar-refractivity contribution < 1.29 is 37.3 Å². The lowest BCUT2D eigenvalue weighted by Crippen LogP contribution is -2.05. The molecule has 0 aromatic heterocycles. The van der Waals surface area contributed by atoms with Crippen molar-refractivity contribution in [1.82, 2.24) is 0 Å². The summed E-state index contributed by atoms with van der Waals surface area (Å²) >= 11 is 0. The van der Waals surface area contributed by atoms with E-state index in [1.165, 1.54) is 61.7 Å². The Morgan fingerprint density at radius 2 is 1.79 bits per heavy atom. The molecule has 2 aromatic carbocycles. The monoisotopic (exact) mass is 392 g/mol. The minimum atomic E-state index is -2.97. The van der Waals surface area contributed by atoms with Gasteiger partial charge in [-0.3, -0.25) is 0 Å². The second kappa shape index (κ2) is 10.1. The van der Waals surface area contributed by atoms with Crippen molar-refractivity contribution in [2.24, 2.45) is 0 Å². The minimum absolute atomic E-state index is 0.0951. The van der Waals surface area contributed by atoms with E-state index in [-0.39, 0.29) is 23.9 Å². The van der Waals surface area contributed by atoms with E-state index in [1.807, 2.05) is 0 Å². The summed E-state index contributed by atoms with van der Waals surface area (Å²) in [6, 6.07) is 10.1. The smallest absolute Gasteiger partial charge is 0.387 e. The summed E-state index contributed by atoms with van der Waals surface area (Å²) in [6.45, 7) is -1.01. The topological polar surface area (TPSA) is 71.1 Å². The average molecular weight is 392 g/mol. The number of ether oxygens (including phenoxy) is 4. The Kier molecular flexibility index (Phi) is 7.50. The van der Waals surface area contributed by atoms with Gasteiger partial charge in [0.25, 0.3) is 0 Å². The highest BCUT2D eigenvalue weighted by Gasteiger charge is 2.11. The maximum absolute atomic E-state index is 12.4. The molecule has 2 aromatic rings. The van der Waals surface area contributed by atoms with E-state index in [4.69, 9.17) is 9.47 Å². The SMILES string of the molecule is CCOc1cc(/C=C/C(=O)Oc2ccc(C(=O)OC)cc2)ccc1OC(F)F. The number of carbonyl (C=O) groups excluding carboxylic acids is 2. The zero-order valence-corrected chi connectivity index (χ0v) is 15.2. The summed E-state index contributed by atoms with van der Waals surface area (Å²) in [5.41, 5.74) is 0.857. The summed E-state index contributed by atoms with van der Waals surface area (Å²) in [5, 5.41) is 0. The number of rotatable bonds is 8. The number of hydrogen-bond acceptors (Lipinski definition) is 6. The summed E-state index contributed by atoms with van der Waals surface area (Å²) in [5.74, 6) is -0.865. The molecule has 6 nitrogen and oxygen atoms in total. The summed E-state index contributed by atoms with van der Waals surface area (Å²) < 4.78 is 44.2. The molecule has 0 fully saturated rings. The number of methoxy groups -OCH3 is 1. The van der Waals surface area contributed by atoms with Crippen LogP contribution in [0.3, 0.4) is 0 Å². The molecule has 0 heterocycles. The van der Waals surface area contributed by atoms with Gasteiger partial charge in [0, 0.05) is 6.08 Å². The fraction of sp³-hybridized carbons (Fsp3) is 0.200. The van der Waals surface area contributed by atoms with Crippen molar-refractivity contribution in [2.75, 3.05) is 13.7 Å². The van der Waals surface area contributed by atoms with Gasteiger partial charge in [0.1, 0.15) is 5.75 Å². The first-order valence-corrected chi connectivity index (χ1v) is 8.23. The number of hydrogen-bond donors (Lipinski definition) is 0. The molecular formula is C20H18F2O6. The third kappa shape index (κ3) is 6.08. The number of carbonyl (C=O) groups is 2. The number of halogens is 2. The van der Waals surface area contributed by atoms with Crippen LogP contribution < -0.4 is 14.2 Å². The molecule has 0 aliphatic carbocycles. The Morgan fingerprint density at radius 1 is 1.07 bits per heavy atom. The lowest BCUT2D eigenvalue weighted by molar-refractivity contribution is -0.128. The standard InChI is InChI=1S/C20H18F2O6/c1-3-26-17-12-13(4-10-16(17)28-20(21)22)5-11-18(23)27-15-8-6-14(7-9-15)19(24)25-2/h4-12,20H,3H2,1-2H3/b11-5+. The molecule has 0 bridgehead atoms. The third-order valence-electron chi connectivity index (χ3n) is 3.39. The van der Waals surface area contributed by atoms with Gasteiger partial charge < -0.3 is 18.9 Å². The van der Waals surface area contributed by atoms with E-state index in [0.29, 0.717) is 11.1 Å². The van der Waals surface area contributed by atoms with Crippen LogP contribution in [0.2, 0.25) is 0 Å². The van der Waals surface area contributed by atoms with Crippen LogP contribution in [0.15, 0.2) is 48.5 Å². The van der Waals surface area contributed by atoms with Crippen LogP contribution >= 0.6 is 0 Å². The van der Waals surface area contributed by atoms with Crippen molar-refractivity contribution in [3.8, 4) is 17.2 Å². The first-order chi connectivity index (χ1) is 13.4. The average Bonchev–Trinajstić information content (AvgIpc) is 2.68. The zero-order valence-electron chi connectivity index (χ0n) is 15.2. The summed E-state index contributed by atoms with van der Waals surface area (Å²) in [7, 11) is 1.27. The summed E-state index contributed by atoms with van der Waals surface area (Å²) in [4.78, 5) is 23.3. The molecule has 148 valence electrons. The fourth-order valence-corrected chi connectivity index (χ4v) is 2.18. The Balaban J connectivity index is 2.04. The van der Waals surface area contributed by atoms with E-state index in [0.717, 1.165) is 0 Å². The highest BCUT2D eigenvalue weighted by atomic mass is 19.3. The first-order valence-electron chi connectivity index (χ1n) is 8.23. The van der Waals surface area contributed by atoms with Gasteiger partial charge in [0.2, 0.25) is 0 Å². The quantitative estimate of drug-likeness (QED) is 0.383. The van der Waals surface area contributed by atoms with Gasteiger partial charge >= 0.3 is 18.6 Å². The minimum Gasteiger partial charge on any atom is -0.490 e. The van der Waals surface area contributed by atoms with Gasteiger partial charge in [0.05, 0.1) is 19.3 Å². The molecule has 0 aliphatic rings. The van der Waals surface area contributed by atoms with Crippen LogP contribution in [0.25, 0.3) is 6.08 Å². The molecule has 2 rings (SSSR count). The second-order valence-corrected chi connectivity index (χ2v) is 5.29. The van der Waals surface area contributed by atoms with Crippen molar-refractivity contribution >= 4 is 18.0 Å². The zero-order chi connectivity index (χ0) is 20.5. The van der Waals surface area contributed by atoms with E-state index in [1.54, 1.807) is 6.92 Å². The second-order valence-electron chi connectivity index (χ2n) is 5.29. The molecule has 0 N–H and O–H groups in total. The third-order valence-corrected chi connectivity index (χ3v) is 3.39. The molecule has 0 spiro atoms. The van der Waals surface area contributed by atoms with Crippen molar-refractivity contribution in [2.45, 2.75) is 13.5 Å². The number of esters is 2. The lowest BCUT2D eigenvalue weighted by Gasteiger charge is -2.11. The largest absolute Gasteiger partial charge is 0.490 e. The number of benzene rings is 2. The molecule has 0 amide bonds. The van der Waals surface area contributed by atoms with E-state index in [2.05, 4.69) is 9.47 Å². The van der Waals surface area contributed by atoms with E-state index < -0.39 is 18.6 Å². The molecule has 28 heavy (non-hydrogen) atoms. The van der Waals surface area contributed by atoms with Gasteiger partial charge in [-0.1, -0.05) is 6.07 Å². The fourth-order valence-electron chi connectivity index (χ4n) is 2.18. The van der Waals surface area contributed by atoms with Gasteiger partial charge in [-0.15, -0.1) is 0 Å². The lowest BCUT2D eigenvalue weighted by atomic mass is 10.2. The Morgan fingerprint density at radius 3 is 2.39 bits per heavy atom. The maximum Gasteiger partial charge on any atom is 0.387 e.